The Hall–Kier alpha value is -2.77. The number of pyridine rings is 1. The van der Waals surface area contributed by atoms with E-state index in [2.05, 4.69) is 25.2 Å². The third kappa shape index (κ3) is 2.88. The van der Waals surface area contributed by atoms with E-state index in [1.54, 1.807) is 12.3 Å². The summed E-state index contributed by atoms with van der Waals surface area (Å²) in [6.07, 6.45) is 4.92. The van der Waals surface area contributed by atoms with Crippen LogP contribution in [0.15, 0.2) is 30.7 Å². The fourth-order valence-electron chi connectivity index (χ4n) is 3.75. The SMILES string of the molecule is CC(=O)c1cc(N2CCC(B3C(=O)Nc4ncccc43)CC2)ncn1. The molecule has 0 aromatic carbocycles. The number of carbonyl (C=O) groups is 2. The zero-order chi connectivity index (χ0) is 17.4. The molecular weight excluding hydrogens is 317 g/mol. The molecule has 4 rings (SSSR count). The smallest absolute Gasteiger partial charge is 0.292 e. The first-order valence-electron chi connectivity index (χ1n) is 8.47. The minimum Gasteiger partial charge on any atom is -0.357 e. The van der Waals surface area contributed by atoms with E-state index in [0.29, 0.717) is 11.5 Å². The Bertz CT molecular complexity index is 835. The zero-order valence-electron chi connectivity index (χ0n) is 14.0. The molecule has 1 fully saturated rings. The molecule has 8 heteroatoms. The lowest BCUT2D eigenvalue weighted by molar-refractivity contribution is 0.101. The van der Waals surface area contributed by atoms with Gasteiger partial charge in [-0.05, 0) is 30.2 Å². The molecule has 4 heterocycles. The van der Waals surface area contributed by atoms with Gasteiger partial charge in [-0.15, -0.1) is 0 Å². The molecule has 2 aliphatic rings. The number of nitrogens with zero attached hydrogens (tertiary/aromatic N) is 4. The Labute approximate surface area is 146 Å². The van der Waals surface area contributed by atoms with Crippen LogP contribution < -0.4 is 15.7 Å². The summed E-state index contributed by atoms with van der Waals surface area (Å²) < 4.78 is 0. The van der Waals surface area contributed by atoms with Crippen molar-refractivity contribution in [3.63, 3.8) is 0 Å². The highest BCUT2D eigenvalue weighted by Gasteiger charge is 2.42. The molecule has 2 aliphatic heterocycles. The van der Waals surface area contributed by atoms with Gasteiger partial charge in [0.2, 0.25) is 0 Å². The van der Waals surface area contributed by atoms with Crippen molar-refractivity contribution >= 4 is 35.4 Å². The summed E-state index contributed by atoms with van der Waals surface area (Å²) in [5, 5.41) is 2.89. The number of nitrogens with one attached hydrogen (secondary N) is 1. The standard InChI is InChI=1S/C17H18BN5O2/c1-11(24)14-9-15(21-10-20-14)23-7-4-12(5-8-23)18-13-3-2-6-19-16(13)22-17(18)25/h2-3,6,9-10,12H,4-5,7-8H2,1H3,(H,19,22,25). The number of piperidine rings is 1. The molecule has 0 unspecified atom stereocenters. The van der Waals surface area contributed by atoms with Gasteiger partial charge >= 0.3 is 0 Å². The van der Waals surface area contributed by atoms with E-state index in [0.717, 1.165) is 37.2 Å². The summed E-state index contributed by atoms with van der Waals surface area (Å²) in [5.74, 6) is 1.74. The highest BCUT2D eigenvalue weighted by molar-refractivity contribution is 7.04. The van der Waals surface area contributed by atoms with Gasteiger partial charge in [-0.3, -0.25) is 9.59 Å². The normalized spacial score (nSPS) is 17.4. The third-order valence-electron chi connectivity index (χ3n) is 5.05. The molecular formula is C17H18BN5O2. The lowest BCUT2D eigenvalue weighted by Gasteiger charge is -2.34. The van der Waals surface area contributed by atoms with Crippen molar-refractivity contribution in [2.24, 2.45) is 0 Å². The quantitative estimate of drug-likeness (QED) is 0.677. The topological polar surface area (TPSA) is 88.1 Å². The van der Waals surface area contributed by atoms with Gasteiger partial charge in [0.15, 0.2) is 11.6 Å². The lowest BCUT2D eigenvalue weighted by Crippen LogP contribution is -2.44. The molecule has 0 spiro atoms. The van der Waals surface area contributed by atoms with E-state index in [1.165, 1.54) is 13.3 Å². The average Bonchev–Trinajstić information content (AvgIpc) is 2.97. The van der Waals surface area contributed by atoms with Gasteiger partial charge in [0.05, 0.1) is 0 Å². The molecule has 0 aliphatic carbocycles. The van der Waals surface area contributed by atoms with Crippen molar-refractivity contribution < 1.29 is 9.59 Å². The summed E-state index contributed by atoms with van der Waals surface area (Å²) in [4.78, 5) is 38.6. The van der Waals surface area contributed by atoms with Crippen molar-refractivity contribution in [1.82, 2.24) is 15.0 Å². The van der Waals surface area contributed by atoms with Crippen LogP contribution >= 0.6 is 0 Å². The Balaban J connectivity index is 1.48. The van der Waals surface area contributed by atoms with Crippen LogP contribution in [0, 0.1) is 0 Å². The summed E-state index contributed by atoms with van der Waals surface area (Å²) in [5.41, 5.74) is 1.44. The average molecular weight is 335 g/mol. The first kappa shape index (κ1) is 15.7. The Morgan fingerprint density at radius 2 is 2.08 bits per heavy atom. The van der Waals surface area contributed by atoms with Gasteiger partial charge in [-0.2, -0.15) is 0 Å². The number of hydrogen-bond donors (Lipinski definition) is 1. The molecule has 2 aromatic rings. The van der Waals surface area contributed by atoms with Crippen molar-refractivity contribution in [1.29, 1.82) is 0 Å². The number of fused-ring (bicyclic) bond motifs is 1. The molecule has 1 saturated heterocycles. The predicted molar refractivity (Wildman–Crippen MR) is 95.9 cm³/mol. The van der Waals surface area contributed by atoms with E-state index < -0.39 is 0 Å². The number of ketones is 1. The number of Topliss-reactive ketones (excluding diaryl/α,β-unsaturated/α-hetero) is 1. The number of anilines is 2. The molecule has 1 amide bonds. The van der Waals surface area contributed by atoms with E-state index in [-0.39, 0.29) is 24.1 Å². The van der Waals surface area contributed by atoms with Crippen LogP contribution in [0.3, 0.4) is 0 Å². The van der Waals surface area contributed by atoms with Crippen molar-refractivity contribution in [3.8, 4) is 0 Å². The molecule has 1 N–H and O–H groups in total. The van der Waals surface area contributed by atoms with Crippen LogP contribution in [0.4, 0.5) is 16.4 Å². The maximum absolute atomic E-state index is 12.4. The number of carbonyl (C=O) groups excluding carboxylic acids is 2. The second-order valence-electron chi connectivity index (χ2n) is 6.55. The van der Waals surface area contributed by atoms with E-state index in [9.17, 15) is 9.59 Å². The predicted octanol–water partition coefficient (Wildman–Crippen LogP) is 1.57. The highest BCUT2D eigenvalue weighted by atomic mass is 16.1. The molecule has 126 valence electrons. The van der Waals surface area contributed by atoms with Gasteiger partial charge in [0.1, 0.15) is 23.7 Å². The third-order valence-corrected chi connectivity index (χ3v) is 5.05. The first-order chi connectivity index (χ1) is 12.1. The molecule has 0 bridgehead atoms. The van der Waals surface area contributed by atoms with Crippen LogP contribution in [-0.4, -0.2) is 46.3 Å². The Morgan fingerprint density at radius 1 is 1.28 bits per heavy atom. The Morgan fingerprint density at radius 3 is 2.84 bits per heavy atom. The van der Waals surface area contributed by atoms with Crippen molar-refractivity contribution in [3.05, 3.63) is 36.4 Å². The number of amides is 1. The molecule has 0 radical (unpaired) electrons. The second kappa shape index (κ2) is 6.27. The number of hydrogen-bond acceptors (Lipinski definition) is 6. The van der Waals surface area contributed by atoms with E-state index in [1.807, 2.05) is 12.1 Å². The highest BCUT2D eigenvalue weighted by Crippen LogP contribution is 2.31. The first-order valence-corrected chi connectivity index (χ1v) is 8.47. The van der Waals surface area contributed by atoms with Crippen LogP contribution in [0.5, 0.6) is 0 Å². The summed E-state index contributed by atoms with van der Waals surface area (Å²) in [7, 11) is 0. The van der Waals surface area contributed by atoms with Gasteiger partial charge in [-0.25, -0.2) is 15.0 Å². The van der Waals surface area contributed by atoms with Crippen molar-refractivity contribution in [2.75, 3.05) is 23.3 Å². The summed E-state index contributed by atoms with van der Waals surface area (Å²) >= 11 is 0. The Kier molecular flexibility index (Phi) is 3.95. The maximum Gasteiger partial charge on any atom is 0.292 e. The van der Waals surface area contributed by atoms with E-state index in [4.69, 9.17) is 0 Å². The van der Waals surface area contributed by atoms with E-state index >= 15 is 0 Å². The lowest BCUT2D eigenvalue weighted by atomic mass is 9.36. The maximum atomic E-state index is 12.4. The summed E-state index contributed by atoms with van der Waals surface area (Å²) in [6.45, 7) is 2.99. The second-order valence-corrected chi connectivity index (χ2v) is 6.55. The monoisotopic (exact) mass is 335 g/mol. The molecule has 0 atom stereocenters. The number of rotatable bonds is 3. The van der Waals surface area contributed by atoms with Crippen LogP contribution in [-0.2, 0) is 0 Å². The fraction of sp³-hybridized carbons (Fsp3) is 0.353. The fourth-order valence-corrected chi connectivity index (χ4v) is 3.75. The number of aromatic nitrogens is 3. The molecule has 7 nitrogen and oxygen atoms in total. The largest absolute Gasteiger partial charge is 0.357 e. The molecule has 25 heavy (non-hydrogen) atoms. The van der Waals surface area contributed by atoms with Gasteiger partial charge in [0.25, 0.3) is 6.71 Å². The van der Waals surface area contributed by atoms with Gasteiger partial charge in [-0.1, -0.05) is 6.07 Å². The van der Waals surface area contributed by atoms with Crippen LogP contribution in [0.25, 0.3) is 0 Å². The van der Waals surface area contributed by atoms with Gasteiger partial charge in [0, 0.05) is 32.3 Å². The zero-order valence-corrected chi connectivity index (χ0v) is 14.0. The molecule has 0 saturated carbocycles. The van der Waals surface area contributed by atoms with Crippen molar-refractivity contribution in [2.45, 2.75) is 25.6 Å². The minimum absolute atomic E-state index is 0.0491. The van der Waals surface area contributed by atoms with Gasteiger partial charge < -0.3 is 10.2 Å². The molecule has 2 aromatic heterocycles. The van der Waals surface area contributed by atoms with Crippen LogP contribution in [0.1, 0.15) is 30.3 Å². The minimum atomic E-state index is -0.121. The summed E-state index contributed by atoms with van der Waals surface area (Å²) in [6, 6.07) is 5.61. The van der Waals surface area contributed by atoms with Crippen LogP contribution in [0.2, 0.25) is 5.82 Å².